The van der Waals surface area contributed by atoms with Crippen LogP contribution < -0.4 is 10.0 Å². The molecule has 25 heavy (non-hydrogen) atoms. The van der Waals surface area contributed by atoms with E-state index in [1.165, 1.54) is 6.92 Å². The molecule has 134 valence electrons. The van der Waals surface area contributed by atoms with E-state index in [0.717, 1.165) is 11.1 Å². The maximum absolute atomic E-state index is 12.4. The van der Waals surface area contributed by atoms with Crippen LogP contribution in [0.25, 0.3) is 0 Å². The second kappa shape index (κ2) is 8.22. The first kappa shape index (κ1) is 19.1. The van der Waals surface area contributed by atoms with Crippen LogP contribution in [-0.2, 0) is 21.4 Å². The number of carbonyl (C=O) groups is 1. The molecule has 0 aliphatic rings. The van der Waals surface area contributed by atoms with Crippen LogP contribution in [-0.4, -0.2) is 25.4 Å². The predicted octanol–water partition coefficient (Wildman–Crippen LogP) is 2.19. The van der Waals surface area contributed by atoms with Crippen molar-refractivity contribution >= 4 is 15.9 Å². The minimum atomic E-state index is -3.75. The number of benzene rings is 1. The Balaban J connectivity index is 1.97. The zero-order chi connectivity index (χ0) is 18.4. The number of hydrogen-bond acceptors (Lipinski definition) is 4. The van der Waals surface area contributed by atoms with Gasteiger partial charge in [-0.3, -0.25) is 9.78 Å². The molecule has 0 unspecified atom stereocenters. The number of amides is 1. The minimum Gasteiger partial charge on any atom is -0.351 e. The van der Waals surface area contributed by atoms with Crippen molar-refractivity contribution in [2.45, 2.75) is 44.2 Å². The number of rotatable bonds is 7. The molecule has 7 heteroatoms. The van der Waals surface area contributed by atoms with Gasteiger partial charge in [-0.25, -0.2) is 8.42 Å². The minimum absolute atomic E-state index is 0.142. The van der Waals surface area contributed by atoms with E-state index in [4.69, 9.17) is 0 Å². The molecule has 1 amide bonds. The summed E-state index contributed by atoms with van der Waals surface area (Å²) in [5, 5.41) is 2.69. The largest absolute Gasteiger partial charge is 0.351 e. The van der Waals surface area contributed by atoms with Crippen molar-refractivity contribution in [3.63, 3.8) is 0 Å². The van der Waals surface area contributed by atoms with Crippen molar-refractivity contribution in [2.75, 3.05) is 0 Å². The highest BCUT2D eigenvalue weighted by Crippen LogP contribution is 2.17. The Morgan fingerprint density at radius 3 is 2.36 bits per heavy atom. The van der Waals surface area contributed by atoms with E-state index in [1.54, 1.807) is 42.7 Å². The van der Waals surface area contributed by atoms with Gasteiger partial charge >= 0.3 is 0 Å². The van der Waals surface area contributed by atoms with Gasteiger partial charge in [0.1, 0.15) is 0 Å². The van der Waals surface area contributed by atoms with Crippen LogP contribution in [0.2, 0.25) is 0 Å². The third-order valence-corrected chi connectivity index (χ3v) is 5.33. The topological polar surface area (TPSA) is 88.2 Å². The number of carbonyl (C=O) groups excluding carboxylic acids is 1. The predicted molar refractivity (Wildman–Crippen MR) is 96.4 cm³/mol. The van der Waals surface area contributed by atoms with Gasteiger partial charge in [-0.2, -0.15) is 4.72 Å². The molecule has 0 saturated carbocycles. The third kappa shape index (κ3) is 5.37. The highest BCUT2D eigenvalue weighted by molar-refractivity contribution is 7.89. The van der Waals surface area contributed by atoms with Crippen LogP contribution in [0.4, 0.5) is 0 Å². The van der Waals surface area contributed by atoms with Gasteiger partial charge in [0.2, 0.25) is 15.9 Å². The summed E-state index contributed by atoms with van der Waals surface area (Å²) in [5.74, 6) is -0.0758. The van der Waals surface area contributed by atoms with E-state index in [2.05, 4.69) is 15.0 Å². The van der Waals surface area contributed by atoms with Gasteiger partial charge in [0.15, 0.2) is 0 Å². The quantitative estimate of drug-likeness (QED) is 0.791. The zero-order valence-corrected chi connectivity index (χ0v) is 15.4. The number of aromatic nitrogens is 1. The van der Waals surface area contributed by atoms with Crippen LogP contribution in [0.3, 0.4) is 0 Å². The molecule has 1 aromatic heterocycles. The fourth-order valence-electron chi connectivity index (χ4n) is 2.23. The molecule has 1 heterocycles. The van der Waals surface area contributed by atoms with Gasteiger partial charge in [0.05, 0.1) is 10.9 Å². The van der Waals surface area contributed by atoms with Gasteiger partial charge in [-0.15, -0.1) is 0 Å². The Kier molecular flexibility index (Phi) is 6.27. The van der Waals surface area contributed by atoms with E-state index < -0.39 is 22.0 Å². The summed E-state index contributed by atoms with van der Waals surface area (Å²) >= 11 is 0. The number of nitrogens with one attached hydrogen (secondary N) is 2. The molecule has 6 nitrogen and oxygen atoms in total. The van der Waals surface area contributed by atoms with Crippen LogP contribution >= 0.6 is 0 Å². The van der Waals surface area contributed by atoms with Gasteiger partial charge < -0.3 is 5.32 Å². The van der Waals surface area contributed by atoms with Gasteiger partial charge in [-0.05, 0) is 42.2 Å². The molecular formula is C18H23N3O3S. The second-order valence-corrected chi connectivity index (χ2v) is 7.86. The van der Waals surface area contributed by atoms with E-state index in [0.29, 0.717) is 12.5 Å². The Morgan fingerprint density at radius 1 is 1.12 bits per heavy atom. The molecule has 1 atom stereocenters. The average molecular weight is 361 g/mol. The Bertz CT molecular complexity index is 803. The molecule has 0 saturated heterocycles. The normalized spacial score (nSPS) is 12.8. The maximum atomic E-state index is 12.4. The van der Waals surface area contributed by atoms with Crippen LogP contribution in [0.15, 0.2) is 53.7 Å². The van der Waals surface area contributed by atoms with Gasteiger partial charge in [-0.1, -0.05) is 32.0 Å². The molecule has 2 N–H and O–H groups in total. The lowest BCUT2D eigenvalue weighted by Gasteiger charge is -2.15. The first-order valence-corrected chi connectivity index (χ1v) is 9.57. The molecule has 0 bridgehead atoms. The summed E-state index contributed by atoms with van der Waals surface area (Å²) in [5.41, 5.74) is 1.90. The maximum Gasteiger partial charge on any atom is 0.241 e. The third-order valence-electron chi connectivity index (χ3n) is 3.77. The fraction of sp³-hybridized carbons (Fsp3) is 0.333. The number of pyridine rings is 1. The van der Waals surface area contributed by atoms with Crippen LogP contribution in [0.1, 0.15) is 37.8 Å². The molecule has 1 aromatic carbocycles. The smallest absolute Gasteiger partial charge is 0.241 e. The van der Waals surface area contributed by atoms with E-state index in [1.807, 2.05) is 19.9 Å². The first-order chi connectivity index (χ1) is 11.8. The summed E-state index contributed by atoms with van der Waals surface area (Å²) in [7, 11) is -3.75. The number of hydrogen-bond donors (Lipinski definition) is 2. The lowest BCUT2D eigenvalue weighted by Crippen LogP contribution is -2.44. The molecular weight excluding hydrogens is 338 g/mol. The summed E-state index contributed by atoms with van der Waals surface area (Å²) < 4.78 is 27.2. The fourth-order valence-corrected chi connectivity index (χ4v) is 3.43. The highest BCUT2D eigenvalue weighted by atomic mass is 32.2. The van der Waals surface area contributed by atoms with Gasteiger partial charge in [0.25, 0.3) is 0 Å². The van der Waals surface area contributed by atoms with Crippen molar-refractivity contribution in [1.82, 2.24) is 15.0 Å². The zero-order valence-electron chi connectivity index (χ0n) is 14.6. The molecule has 0 spiro atoms. The summed E-state index contributed by atoms with van der Waals surface area (Å²) in [6.45, 7) is 5.88. The lowest BCUT2D eigenvalue weighted by atomic mass is 10.0. The highest BCUT2D eigenvalue weighted by Gasteiger charge is 2.22. The SMILES string of the molecule is CC(C)c1ccc(S(=O)(=O)N[C@@H](C)C(=O)NCc2cccnc2)cc1. The van der Waals surface area contributed by atoms with Crippen LogP contribution in [0.5, 0.6) is 0 Å². The number of sulfonamides is 1. The summed E-state index contributed by atoms with van der Waals surface area (Å²) in [4.78, 5) is 16.2. The molecule has 2 aromatic rings. The van der Waals surface area contributed by atoms with Crippen molar-refractivity contribution < 1.29 is 13.2 Å². The van der Waals surface area contributed by atoms with Crippen molar-refractivity contribution in [1.29, 1.82) is 0 Å². The Morgan fingerprint density at radius 2 is 1.80 bits per heavy atom. The van der Waals surface area contributed by atoms with Crippen molar-refractivity contribution in [2.24, 2.45) is 0 Å². The van der Waals surface area contributed by atoms with E-state index >= 15 is 0 Å². The summed E-state index contributed by atoms with van der Waals surface area (Å²) in [6, 6.07) is 9.40. The first-order valence-electron chi connectivity index (χ1n) is 8.08. The molecule has 0 fully saturated rings. The molecule has 2 rings (SSSR count). The Labute approximate surface area is 148 Å². The standard InChI is InChI=1S/C18H23N3O3S/c1-13(2)16-6-8-17(9-7-16)25(23,24)21-14(3)18(22)20-12-15-5-4-10-19-11-15/h4-11,13-14,21H,12H2,1-3H3,(H,20,22)/t14-/m0/s1. The van der Waals surface area contributed by atoms with Crippen LogP contribution in [0, 0.1) is 0 Å². The average Bonchev–Trinajstić information content (AvgIpc) is 2.60. The van der Waals surface area contributed by atoms with E-state index in [9.17, 15) is 13.2 Å². The number of nitrogens with zero attached hydrogens (tertiary/aromatic N) is 1. The monoisotopic (exact) mass is 361 g/mol. The van der Waals surface area contributed by atoms with Crippen molar-refractivity contribution in [3.05, 3.63) is 59.9 Å². The Hall–Kier alpha value is -2.25. The van der Waals surface area contributed by atoms with Gasteiger partial charge in [0, 0.05) is 18.9 Å². The summed E-state index contributed by atoms with van der Waals surface area (Å²) in [6.07, 6.45) is 3.29. The van der Waals surface area contributed by atoms with E-state index in [-0.39, 0.29) is 4.90 Å². The molecule has 0 radical (unpaired) electrons. The molecule has 0 aliphatic heterocycles. The molecule has 0 aliphatic carbocycles. The lowest BCUT2D eigenvalue weighted by molar-refractivity contribution is -0.122. The second-order valence-electron chi connectivity index (χ2n) is 6.15. The van der Waals surface area contributed by atoms with Crippen molar-refractivity contribution in [3.8, 4) is 0 Å².